The van der Waals surface area contributed by atoms with Crippen molar-refractivity contribution >= 4 is 27.3 Å². The molecule has 0 radical (unpaired) electrons. The molecule has 2 heterocycles. The van der Waals surface area contributed by atoms with E-state index >= 15 is 0 Å². The van der Waals surface area contributed by atoms with Crippen LogP contribution in [-0.4, -0.2) is 23.0 Å². The lowest BCUT2D eigenvalue weighted by atomic mass is 9.81. The number of aromatic nitrogens is 3. The van der Waals surface area contributed by atoms with Crippen LogP contribution in [0.3, 0.4) is 0 Å². The van der Waals surface area contributed by atoms with E-state index in [2.05, 4.69) is 14.7 Å². The van der Waals surface area contributed by atoms with Crippen molar-refractivity contribution in [2.24, 2.45) is 5.92 Å². The van der Waals surface area contributed by atoms with Gasteiger partial charge in [-0.25, -0.2) is 9.97 Å². The molecule has 2 aromatic heterocycles. The molecule has 0 atom stereocenters. The smallest absolute Gasteiger partial charge is 0.278 e. The van der Waals surface area contributed by atoms with Gasteiger partial charge in [0.1, 0.15) is 6.33 Å². The fourth-order valence-corrected chi connectivity index (χ4v) is 4.95. The molecule has 3 aromatic rings. The minimum Gasteiger partial charge on any atom is -0.278 e. The average Bonchev–Trinajstić information content (AvgIpc) is 3.16. The highest BCUT2D eigenvalue weighted by Crippen LogP contribution is 2.33. The summed E-state index contributed by atoms with van der Waals surface area (Å²) >= 11 is 5.98. The van der Waals surface area contributed by atoms with E-state index in [1.54, 1.807) is 18.2 Å². The van der Waals surface area contributed by atoms with Gasteiger partial charge < -0.3 is 0 Å². The van der Waals surface area contributed by atoms with Crippen LogP contribution < -0.4 is 4.72 Å². The van der Waals surface area contributed by atoms with E-state index in [9.17, 15) is 21.6 Å². The second-order valence-electron chi connectivity index (χ2n) is 7.77. The number of benzene rings is 1. The summed E-state index contributed by atoms with van der Waals surface area (Å²) in [6.07, 6.45) is 3.89. The first-order chi connectivity index (χ1) is 15.1. The van der Waals surface area contributed by atoms with E-state index in [1.165, 1.54) is 19.3 Å². The Morgan fingerprint density at radius 3 is 2.62 bits per heavy atom. The second kappa shape index (κ2) is 8.74. The fraction of sp³-hybridized carbons (Fsp3) is 0.333. The highest BCUT2D eigenvalue weighted by Gasteiger charge is 2.32. The lowest BCUT2D eigenvalue weighted by molar-refractivity contribution is -0.137. The van der Waals surface area contributed by atoms with Crippen molar-refractivity contribution in [1.82, 2.24) is 14.5 Å². The molecule has 0 saturated heterocycles. The van der Waals surface area contributed by atoms with Crippen LogP contribution in [-0.2, 0) is 22.6 Å². The van der Waals surface area contributed by atoms with Gasteiger partial charge in [-0.15, -0.1) is 0 Å². The Kier molecular flexibility index (Phi) is 6.17. The number of halogens is 4. The maximum atomic E-state index is 13.0. The molecule has 0 amide bonds. The first-order valence-corrected chi connectivity index (χ1v) is 11.9. The van der Waals surface area contributed by atoms with Crippen LogP contribution in [0, 0.1) is 5.92 Å². The molecule has 4 rings (SSSR count). The van der Waals surface area contributed by atoms with Gasteiger partial charge in [0.25, 0.3) is 10.0 Å². The molecule has 0 unspecified atom stereocenters. The number of imidazole rings is 1. The van der Waals surface area contributed by atoms with Gasteiger partial charge in [-0.1, -0.05) is 43.0 Å². The maximum absolute atomic E-state index is 13.0. The number of hydrogen-bond acceptors (Lipinski definition) is 4. The molecule has 32 heavy (non-hydrogen) atoms. The van der Waals surface area contributed by atoms with Crippen molar-refractivity contribution in [1.29, 1.82) is 0 Å². The number of pyridine rings is 1. The number of aryl methyl sites for hydroxylation is 1. The quantitative estimate of drug-likeness (QED) is 0.482. The van der Waals surface area contributed by atoms with Gasteiger partial charge in [0, 0.05) is 11.9 Å². The summed E-state index contributed by atoms with van der Waals surface area (Å²) in [4.78, 5) is 7.54. The van der Waals surface area contributed by atoms with Gasteiger partial charge in [-0.3, -0.25) is 9.29 Å². The summed E-state index contributed by atoms with van der Waals surface area (Å²) in [5, 5.41) is -0.654. The normalized spacial score (nSPS) is 14.9. The van der Waals surface area contributed by atoms with E-state index in [4.69, 9.17) is 11.6 Å². The Balaban J connectivity index is 1.57. The molecule has 6 nitrogen and oxygen atoms in total. The molecule has 0 bridgehead atoms. The zero-order valence-corrected chi connectivity index (χ0v) is 18.4. The number of sulfonamides is 1. The number of nitrogens with zero attached hydrogens (tertiary/aromatic N) is 3. The Morgan fingerprint density at radius 2 is 1.97 bits per heavy atom. The number of alkyl halides is 3. The van der Waals surface area contributed by atoms with Crippen LogP contribution in [0.5, 0.6) is 0 Å². The lowest BCUT2D eigenvalue weighted by Gasteiger charge is -2.25. The minimum atomic E-state index is -4.62. The largest absolute Gasteiger partial charge is 0.417 e. The van der Waals surface area contributed by atoms with Crippen molar-refractivity contribution in [2.75, 3.05) is 4.72 Å². The number of hydrogen-bond donors (Lipinski definition) is 1. The summed E-state index contributed by atoms with van der Waals surface area (Å²) in [7, 11) is -4.12. The summed E-state index contributed by atoms with van der Waals surface area (Å²) in [6.45, 7) is 0. The molecular formula is C21H20ClF3N4O2S. The molecule has 1 aliphatic rings. The van der Waals surface area contributed by atoms with Crippen LogP contribution >= 0.6 is 11.6 Å². The van der Waals surface area contributed by atoms with Crippen LogP contribution in [0.4, 0.5) is 18.9 Å². The van der Waals surface area contributed by atoms with E-state index < -0.39 is 21.8 Å². The van der Waals surface area contributed by atoms with E-state index in [1.807, 2.05) is 6.07 Å². The van der Waals surface area contributed by atoms with Crippen molar-refractivity contribution < 1.29 is 21.6 Å². The maximum Gasteiger partial charge on any atom is 0.417 e. The fourth-order valence-electron chi connectivity index (χ4n) is 3.55. The van der Waals surface area contributed by atoms with E-state index in [0.29, 0.717) is 18.0 Å². The zero-order valence-electron chi connectivity index (χ0n) is 16.8. The van der Waals surface area contributed by atoms with Gasteiger partial charge in [-0.2, -0.15) is 21.6 Å². The van der Waals surface area contributed by atoms with Gasteiger partial charge in [0.05, 0.1) is 16.8 Å². The SMILES string of the molecule is O=S(=O)(Nc1cccc(CCC2CCC2)c1)c1cncn1-c1ncc(C(F)(F)F)cc1Cl. The van der Waals surface area contributed by atoms with Crippen molar-refractivity contribution in [3.63, 3.8) is 0 Å². The number of nitrogens with one attached hydrogen (secondary N) is 1. The molecule has 0 aliphatic heterocycles. The number of rotatable bonds is 7. The molecule has 1 aliphatic carbocycles. The van der Waals surface area contributed by atoms with Crippen molar-refractivity contribution in [3.05, 3.63) is 65.2 Å². The molecule has 0 spiro atoms. The van der Waals surface area contributed by atoms with E-state index in [0.717, 1.165) is 41.4 Å². The standard InChI is InChI=1S/C21H20ClF3N4O2S/c22-18-10-16(21(23,24)25)11-27-20(18)29-13-26-12-19(29)32(30,31)28-17-6-2-5-15(9-17)8-7-14-3-1-4-14/h2,5-6,9-14,28H,1,3-4,7-8H2. The Bertz CT molecular complexity index is 1220. The zero-order chi connectivity index (χ0) is 22.9. The molecule has 1 N–H and O–H groups in total. The second-order valence-corrected chi connectivity index (χ2v) is 9.81. The van der Waals surface area contributed by atoms with Gasteiger partial charge in [0.2, 0.25) is 0 Å². The van der Waals surface area contributed by atoms with E-state index in [-0.39, 0.29) is 15.9 Å². The Morgan fingerprint density at radius 1 is 1.19 bits per heavy atom. The monoisotopic (exact) mass is 484 g/mol. The molecule has 1 saturated carbocycles. The van der Waals surface area contributed by atoms with Crippen LogP contribution in [0.25, 0.3) is 5.82 Å². The van der Waals surface area contributed by atoms with Gasteiger partial charge in [0.15, 0.2) is 10.8 Å². The molecule has 1 aromatic carbocycles. The third-order valence-corrected chi connectivity index (χ3v) is 7.14. The molecular weight excluding hydrogens is 465 g/mol. The predicted octanol–water partition coefficient (Wildman–Crippen LogP) is 5.47. The van der Waals surface area contributed by atoms with Crippen molar-refractivity contribution in [2.45, 2.75) is 43.3 Å². The highest BCUT2D eigenvalue weighted by atomic mass is 35.5. The summed E-state index contributed by atoms with van der Waals surface area (Å²) < 4.78 is 68.2. The Hall–Kier alpha value is -2.59. The highest BCUT2D eigenvalue weighted by molar-refractivity contribution is 7.92. The number of anilines is 1. The topological polar surface area (TPSA) is 76.9 Å². The molecule has 1 fully saturated rings. The minimum absolute atomic E-state index is 0.174. The summed E-state index contributed by atoms with van der Waals surface area (Å²) in [6, 6.07) is 7.83. The summed E-state index contributed by atoms with van der Waals surface area (Å²) in [5.74, 6) is 0.567. The first kappa shape index (κ1) is 22.6. The van der Waals surface area contributed by atoms with Crippen molar-refractivity contribution in [3.8, 4) is 5.82 Å². The third-order valence-electron chi connectivity index (χ3n) is 5.50. The predicted molar refractivity (Wildman–Crippen MR) is 114 cm³/mol. The third kappa shape index (κ3) is 4.91. The first-order valence-electron chi connectivity index (χ1n) is 10.0. The lowest BCUT2D eigenvalue weighted by Crippen LogP contribution is -2.17. The van der Waals surface area contributed by atoms with Gasteiger partial charge >= 0.3 is 6.18 Å². The molecule has 11 heteroatoms. The van der Waals surface area contributed by atoms with Crippen LogP contribution in [0.1, 0.15) is 36.8 Å². The van der Waals surface area contributed by atoms with Gasteiger partial charge in [-0.05, 0) is 42.5 Å². The Labute approximate surface area is 188 Å². The average molecular weight is 485 g/mol. The van der Waals surface area contributed by atoms with Crippen LogP contribution in [0.2, 0.25) is 5.02 Å². The summed E-state index contributed by atoms with van der Waals surface area (Å²) in [5.41, 5.74) is 0.376. The molecule has 170 valence electrons. The van der Waals surface area contributed by atoms with Crippen LogP contribution in [0.15, 0.2) is 54.1 Å².